The number of carbonyl (C=O) groups is 1. The van der Waals surface area contributed by atoms with E-state index in [1.54, 1.807) is 6.08 Å². The molecule has 1 N–H and O–H groups in total. The van der Waals surface area contributed by atoms with E-state index in [9.17, 15) is 18.0 Å². The summed E-state index contributed by atoms with van der Waals surface area (Å²) in [6, 6.07) is 11.8. The second kappa shape index (κ2) is 9.15. The number of halogens is 3. The van der Waals surface area contributed by atoms with Crippen molar-refractivity contribution in [1.29, 1.82) is 0 Å². The van der Waals surface area contributed by atoms with Crippen LogP contribution in [0, 0.1) is 0 Å². The maximum absolute atomic E-state index is 13.1. The van der Waals surface area contributed by atoms with Gasteiger partial charge in [0.1, 0.15) is 0 Å². The highest BCUT2D eigenvalue weighted by Gasteiger charge is 2.33. The Morgan fingerprint density at radius 3 is 2.58 bits per heavy atom. The normalized spacial score (nSPS) is 20.1. The van der Waals surface area contributed by atoms with Crippen LogP contribution in [0.2, 0.25) is 0 Å². The molecule has 5 nitrogen and oxygen atoms in total. The molecule has 2 aromatic carbocycles. The largest absolute Gasteiger partial charge is 0.478 e. The number of carboxylic acids is 1. The molecular weight excluding hydrogens is 451 g/mol. The third-order valence-electron chi connectivity index (χ3n) is 5.69. The van der Waals surface area contributed by atoms with Crippen LogP contribution < -0.4 is 4.90 Å². The molecule has 0 spiro atoms. The van der Waals surface area contributed by atoms with Crippen LogP contribution in [0.3, 0.4) is 0 Å². The van der Waals surface area contributed by atoms with Crippen LogP contribution in [0.4, 0.5) is 18.3 Å². The molecule has 1 fully saturated rings. The van der Waals surface area contributed by atoms with Crippen LogP contribution in [0.25, 0.3) is 16.3 Å². The first-order chi connectivity index (χ1) is 15.6. The first-order valence-electron chi connectivity index (χ1n) is 10.6. The maximum atomic E-state index is 13.1. The zero-order valence-electron chi connectivity index (χ0n) is 18.2. The summed E-state index contributed by atoms with van der Waals surface area (Å²) in [6.45, 7) is 6.49. The van der Waals surface area contributed by atoms with Gasteiger partial charge >= 0.3 is 12.1 Å². The molecule has 0 radical (unpaired) electrons. The lowest BCUT2D eigenvalue weighted by Crippen LogP contribution is -2.56. The average molecular weight is 476 g/mol. The second-order valence-corrected chi connectivity index (χ2v) is 9.40. The molecule has 1 aromatic heterocycles. The predicted octanol–water partition coefficient (Wildman–Crippen LogP) is 5.51. The van der Waals surface area contributed by atoms with Gasteiger partial charge in [-0.25, -0.2) is 9.78 Å². The molecule has 1 saturated heterocycles. The minimum Gasteiger partial charge on any atom is -0.478 e. The number of anilines is 1. The van der Waals surface area contributed by atoms with Crippen molar-refractivity contribution in [3.05, 3.63) is 65.2 Å². The monoisotopic (exact) mass is 475 g/mol. The van der Waals surface area contributed by atoms with Crippen molar-refractivity contribution in [2.45, 2.75) is 38.7 Å². The van der Waals surface area contributed by atoms with Gasteiger partial charge in [0, 0.05) is 37.8 Å². The van der Waals surface area contributed by atoms with E-state index in [0.717, 1.165) is 58.8 Å². The van der Waals surface area contributed by atoms with Gasteiger partial charge in [0.15, 0.2) is 5.13 Å². The zero-order valence-corrected chi connectivity index (χ0v) is 19.0. The number of hydrogen-bond donors (Lipinski definition) is 1. The predicted molar refractivity (Wildman–Crippen MR) is 124 cm³/mol. The van der Waals surface area contributed by atoms with E-state index in [2.05, 4.69) is 28.6 Å². The SMILES string of the molecule is C[C@@H]1CN(Cc2cccc(C=CC(=O)O)c2)C[C@H](C)N1c1nc2cc(C(F)(F)F)ccc2s1. The molecule has 2 atom stereocenters. The van der Waals surface area contributed by atoms with Crippen LogP contribution in [0.5, 0.6) is 0 Å². The number of carboxylic acid groups (broad SMARTS) is 1. The molecule has 33 heavy (non-hydrogen) atoms. The van der Waals surface area contributed by atoms with Crippen LogP contribution in [0.1, 0.15) is 30.5 Å². The Hall–Kier alpha value is -2.91. The Balaban J connectivity index is 1.48. The molecule has 3 aromatic rings. The van der Waals surface area contributed by atoms with Gasteiger partial charge in [-0.1, -0.05) is 35.6 Å². The summed E-state index contributed by atoms with van der Waals surface area (Å²) in [7, 11) is 0. The van der Waals surface area contributed by atoms with E-state index >= 15 is 0 Å². The number of benzene rings is 2. The molecular formula is C24H24F3N3O2S. The third kappa shape index (κ3) is 5.36. The molecule has 1 aliphatic heterocycles. The van der Waals surface area contributed by atoms with Crippen molar-refractivity contribution in [3.63, 3.8) is 0 Å². The molecule has 1 aliphatic rings. The van der Waals surface area contributed by atoms with Crippen molar-refractivity contribution >= 4 is 38.7 Å². The number of piperazine rings is 1. The summed E-state index contributed by atoms with van der Waals surface area (Å²) >= 11 is 1.42. The van der Waals surface area contributed by atoms with E-state index in [1.165, 1.54) is 17.4 Å². The lowest BCUT2D eigenvalue weighted by molar-refractivity contribution is -0.137. The molecule has 0 aliphatic carbocycles. The van der Waals surface area contributed by atoms with Crippen molar-refractivity contribution in [2.75, 3.05) is 18.0 Å². The fourth-order valence-electron chi connectivity index (χ4n) is 4.36. The number of hydrogen-bond acceptors (Lipinski definition) is 5. The molecule has 174 valence electrons. The van der Waals surface area contributed by atoms with Crippen LogP contribution >= 0.6 is 11.3 Å². The smallest absolute Gasteiger partial charge is 0.416 e. The number of alkyl halides is 3. The maximum Gasteiger partial charge on any atom is 0.416 e. The number of nitrogens with zero attached hydrogens (tertiary/aromatic N) is 3. The van der Waals surface area contributed by atoms with E-state index < -0.39 is 17.7 Å². The van der Waals surface area contributed by atoms with Crippen LogP contribution in [-0.4, -0.2) is 46.1 Å². The highest BCUT2D eigenvalue weighted by atomic mass is 32.1. The highest BCUT2D eigenvalue weighted by molar-refractivity contribution is 7.22. The number of aromatic nitrogens is 1. The molecule has 2 heterocycles. The summed E-state index contributed by atoms with van der Waals surface area (Å²) in [5.74, 6) is -0.983. The summed E-state index contributed by atoms with van der Waals surface area (Å²) in [4.78, 5) is 19.8. The highest BCUT2D eigenvalue weighted by Crippen LogP contribution is 2.37. The molecule has 0 saturated carbocycles. The van der Waals surface area contributed by atoms with Gasteiger partial charge in [-0.15, -0.1) is 0 Å². The molecule has 0 unspecified atom stereocenters. The van der Waals surface area contributed by atoms with Crippen molar-refractivity contribution in [3.8, 4) is 0 Å². The van der Waals surface area contributed by atoms with Crippen LogP contribution in [-0.2, 0) is 17.5 Å². The molecule has 0 amide bonds. The fourth-order valence-corrected chi connectivity index (χ4v) is 5.51. The summed E-state index contributed by atoms with van der Waals surface area (Å²) in [6.07, 6.45) is -1.69. The fraction of sp³-hybridized carbons (Fsp3) is 0.333. The van der Waals surface area contributed by atoms with Crippen LogP contribution in [0.15, 0.2) is 48.5 Å². The zero-order chi connectivity index (χ0) is 23.8. The molecule has 0 bridgehead atoms. The van der Waals surface area contributed by atoms with Gasteiger partial charge in [-0.2, -0.15) is 13.2 Å². The van der Waals surface area contributed by atoms with Gasteiger partial charge in [0.05, 0.1) is 15.8 Å². The summed E-state index contributed by atoms with van der Waals surface area (Å²) in [5, 5.41) is 9.56. The second-order valence-electron chi connectivity index (χ2n) is 8.39. The first-order valence-corrected chi connectivity index (χ1v) is 11.4. The van der Waals surface area contributed by atoms with Gasteiger partial charge < -0.3 is 10.0 Å². The summed E-state index contributed by atoms with van der Waals surface area (Å²) in [5.41, 5.74) is 1.62. The minimum absolute atomic E-state index is 0.131. The van der Waals surface area contributed by atoms with Gasteiger partial charge in [-0.05, 0) is 49.2 Å². The molecule has 4 rings (SSSR count). The Morgan fingerprint density at radius 2 is 1.91 bits per heavy atom. The number of aliphatic carboxylic acids is 1. The minimum atomic E-state index is -4.38. The molecule has 9 heteroatoms. The third-order valence-corrected chi connectivity index (χ3v) is 6.74. The lowest BCUT2D eigenvalue weighted by atomic mass is 10.1. The van der Waals surface area contributed by atoms with E-state index in [4.69, 9.17) is 5.11 Å². The number of fused-ring (bicyclic) bond motifs is 1. The topological polar surface area (TPSA) is 56.7 Å². The average Bonchev–Trinajstić information content (AvgIpc) is 3.14. The van der Waals surface area contributed by atoms with E-state index in [0.29, 0.717) is 5.52 Å². The Morgan fingerprint density at radius 1 is 1.18 bits per heavy atom. The quantitative estimate of drug-likeness (QED) is 0.493. The van der Waals surface area contributed by atoms with E-state index in [1.807, 2.05) is 24.3 Å². The Labute approximate surface area is 193 Å². The first kappa shape index (κ1) is 23.3. The summed E-state index contributed by atoms with van der Waals surface area (Å²) < 4.78 is 39.9. The standard InChI is InChI=1S/C24H24F3N3O2S/c1-15-12-29(14-18-5-3-4-17(10-18)6-9-22(31)32)13-16(2)30(15)23-28-20-11-19(24(25,26)27)7-8-21(20)33-23/h3-11,15-16H,12-14H2,1-2H3,(H,31,32)/t15-,16+. The Bertz CT molecular complexity index is 1180. The van der Waals surface area contributed by atoms with Crippen molar-refractivity contribution in [2.24, 2.45) is 0 Å². The lowest BCUT2D eigenvalue weighted by Gasteiger charge is -2.44. The Kier molecular flexibility index (Phi) is 6.45. The van der Waals surface area contributed by atoms with Gasteiger partial charge in [0.2, 0.25) is 0 Å². The van der Waals surface area contributed by atoms with Crippen molar-refractivity contribution < 1.29 is 23.1 Å². The van der Waals surface area contributed by atoms with Gasteiger partial charge in [-0.3, -0.25) is 4.90 Å². The van der Waals surface area contributed by atoms with E-state index in [-0.39, 0.29) is 12.1 Å². The van der Waals surface area contributed by atoms with Gasteiger partial charge in [0.25, 0.3) is 0 Å². The number of rotatable bonds is 5. The van der Waals surface area contributed by atoms with Crippen molar-refractivity contribution in [1.82, 2.24) is 9.88 Å². The number of thiazole rings is 1.